The van der Waals surface area contributed by atoms with E-state index in [1.165, 1.54) is 5.56 Å². The molecule has 0 aliphatic carbocycles. The van der Waals surface area contributed by atoms with Crippen molar-refractivity contribution in [3.05, 3.63) is 77.4 Å². The van der Waals surface area contributed by atoms with Crippen LogP contribution in [-0.2, 0) is 11.4 Å². The van der Waals surface area contributed by atoms with E-state index in [1.807, 2.05) is 49.4 Å². The molecule has 5 heteroatoms. The van der Waals surface area contributed by atoms with E-state index in [1.54, 1.807) is 13.0 Å². The minimum atomic E-state index is -1.30. The summed E-state index contributed by atoms with van der Waals surface area (Å²) < 4.78 is 6.24. The van der Waals surface area contributed by atoms with Gasteiger partial charge in [0.05, 0.1) is 5.56 Å². The average molecular weight is 462 g/mol. The van der Waals surface area contributed by atoms with Crippen LogP contribution in [0.5, 0.6) is 5.75 Å². The van der Waals surface area contributed by atoms with Crippen molar-refractivity contribution in [2.75, 3.05) is 0 Å². The molecule has 0 radical (unpaired) electrons. The Morgan fingerprint density at radius 3 is 2.32 bits per heavy atom. The van der Waals surface area contributed by atoms with Gasteiger partial charge in [-0.15, -0.1) is 0 Å². The smallest absolute Gasteiger partial charge is 0.329 e. The second-order valence-electron chi connectivity index (χ2n) is 9.15. The van der Waals surface area contributed by atoms with E-state index in [4.69, 9.17) is 4.74 Å². The van der Waals surface area contributed by atoms with Crippen molar-refractivity contribution in [3.63, 3.8) is 0 Å². The monoisotopic (exact) mass is 461 g/mol. The van der Waals surface area contributed by atoms with Crippen molar-refractivity contribution in [1.29, 1.82) is 0 Å². The molecule has 0 bridgehead atoms. The first-order chi connectivity index (χ1) is 16.3. The number of rotatable bonds is 11. The Morgan fingerprint density at radius 1 is 1.00 bits per heavy atom. The van der Waals surface area contributed by atoms with Gasteiger partial charge in [-0.25, -0.2) is 4.79 Å². The molecule has 1 atom stereocenters. The summed E-state index contributed by atoms with van der Waals surface area (Å²) in [5.74, 6) is -0.528. The van der Waals surface area contributed by atoms with E-state index in [0.717, 1.165) is 22.8 Å². The largest absolute Gasteiger partial charge is 0.487 e. The van der Waals surface area contributed by atoms with Gasteiger partial charge < -0.3 is 15.2 Å². The van der Waals surface area contributed by atoms with Crippen LogP contribution >= 0.6 is 0 Å². The maximum absolute atomic E-state index is 13.4. The number of amides is 1. The summed E-state index contributed by atoms with van der Waals surface area (Å²) in [5, 5.41) is 14.6. The molecule has 0 spiro atoms. The first kappa shape index (κ1) is 25.3. The highest BCUT2D eigenvalue weighted by atomic mass is 16.5. The van der Waals surface area contributed by atoms with Crippen molar-refractivity contribution in [3.8, 4) is 5.75 Å². The fraction of sp³-hybridized carbons (Fsp3) is 0.379. The van der Waals surface area contributed by atoms with Gasteiger partial charge in [0.2, 0.25) is 0 Å². The third-order valence-electron chi connectivity index (χ3n) is 6.48. The number of benzene rings is 3. The maximum Gasteiger partial charge on any atom is 0.329 e. The molecule has 34 heavy (non-hydrogen) atoms. The van der Waals surface area contributed by atoms with Crippen LogP contribution in [0.2, 0.25) is 0 Å². The Bertz CT molecular complexity index is 1140. The van der Waals surface area contributed by atoms with Crippen LogP contribution in [0.4, 0.5) is 0 Å². The number of carbonyl (C=O) groups excluding carboxylic acids is 1. The number of fused-ring (bicyclic) bond motifs is 1. The lowest BCUT2D eigenvalue weighted by Crippen LogP contribution is -2.54. The first-order valence-corrected chi connectivity index (χ1v) is 12.1. The van der Waals surface area contributed by atoms with Gasteiger partial charge in [-0.3, -0.25) is 4.79 Å². The second-order valence-corrected chi connectivity index (χ2v) is 9.15. The number of aliphatic carboxylic acids is 1. The molecular formula is C29H35NO4. The molecule has 0 aliphatic heterocycles. The zero-order chi connectivity index (χ0) is 24.7. The fourth-order valence-electron chi connectivity index (χ4n) is 4.13. The Hall–Kier alpha value is -3.34. The van der Waals surface area contributed by atoms with Gasteiger partial charge in [0, 0.05) is 5.39 Å². The molecule has 1 unspecified atom stereocenters. The van der Waals surface area contributed by atoms with Gasteiger partial charge in [0.25, 0.3) is 5.91 Å². The minimum absolute atomic E-state index is 0.306. The van der Waals surface area contributed by atoms with Crippen molar-refractivity contribution >= 4 is 22.6 Å². The lowest BCUT2D eigenvalue weighted by atomic mass is 9.89. The molecule has 3 aromatic rings. The number of carboxylic acids is 1. The number of hydrogen-bond donors (Lipinski definition) is 2. The third kappa shape index (κ3) is 5.58. The van der Waals surface area contributed by atoms with Crippen LogP contribution in [0.25, 0.3) is 10.8 Å². The molecule has 2 N–H and O–H groups in total. The highest BCUT2D eigenvalue weighted by Crippen LogP contribution is 2.32. The average Bonchev–Trinajstić information content (AvgIpc) is 2.84. The lowest BCUT2D eigenvalue weighted by Gasteiger charge is -2.30. The second kappa shape index (κ2) is 11.2. The van der Waals surface area contributed by atoms with Gasteiger partial charge in [-0.2, -0.15) is 0 Å². The number of nitrogens with one attached hydrogen (secondary N) is 1. The van der Waals surface area contributed by atoms with Crippen LogP contribution < -0.4 is 10.1 Å². The van der Waals surface area contributed by atoms with E-state index in [2.05, 4.69) is 31.3 Å². The van der Waals surface area contributed by atoms with Crippen LogP contribution in [0.1, 0.15) is 80.8 Å². The van der Waals surface area contributed by atoms with Crippen molar-refractivity contribution in [2.24, 2.45) is 0 Å². The molecule has 180 valence electrons. The molecule has 0 saturated carbocycles. The Kier molecular flexibility index (Phi) is 8.32. The molecule has 0 saturated heterocycles. The Balaban J connectivity index is 1.95. The summed E-state index contributed by atoms with van der Waals surface area (Å²) in [4.78, 5) is 25.6. The summed E-state index contributed by atoms with van der Waals surface area (Å²) in [5.41, 5.74) is 1.29. The number of unbranched alkanes of at least 4 members (excludes halogenated alkanes) is 1. The Morgan fingerprint density at radius 2 is 1.71 bits per heavy atom. The predicted molar refractivity (Wildman–Crippen MR) is 136 cm³/mol. The van der Waals surface area contributed by atoms with Gasteiger partial charge in [-0.1, -0.05) is 95.1 Å². The summed E-state index contributed by atoms with van der Waals surface area (Å²) in [7, 11) is 0. The van der Waals surface area contributed by atoms with E-state index >= 15 is 0 Å². The summed E-state index contributed by atoms with van der Waals surface area (Å²) in [6, 6.07) is 19.6. The molecule has 0 aromatic heterocycles. The molecule has 0 aliphatic rings. The van der Waals surface area contributed by atoms with Gasteiger partial charge in [0.15, 0.2) is 0 Å². The van der Waals surface area contributed by atoms with E-state index < -0.39 is 17.4 Å². The quantitative estimate of drug-likeness (QED) is 0.333. The van der Waals surface area contributed by atoms with E-state index in [9.17, 15) is 14.7 Å². The van der Waals surface area contributed by atoms with Crippen molar-refractivity contribution in [2.45, 2.75) is 71.4 Å². The van der Waals surface area contributed by atoms with Crippen LogP contribution in [0.15, 0.2) is 60.7 Å². The minimum Gasteiger partial charge on any atom is -0.487 e. The number of carbonyl (C=O) groups is 2. The van der Waals surface area contributed by atoms with Crippen molar-refractivity contribution in [1.82, 2.24) is 5.32 Å². The fourth-order valence-corrected chi connectivity index (χ4v) is 4.13. The molecule has 0 fully saturated rings. The van der Waals surface area contributed by atoms with Gasteiger partial charge >= 0.3 is 5.97 Å². The molecule has 3 aromatic carbocycles. The number of hydrogen-bond acceptors (Lipinski definition) is 3. The highest BCUT2D eigenvalue weighted by molar-refractivity contribution is 6.05. The standard InChI is InChI=1S/C29H35NO4/c1-5-7-18-29(6-2,28(32)33)30-27(31)25-17-16-23-10-8-9-11-24(23)26(25)34-19-21-12-14-22(15-13-21)20(3)4/h8-17,20H,5-7,18-19H2,1-4H3,(H,30,31)(H,32,33). The zero-order valence-corrected chi connectivity index (χ0v) is 20.6. The SMILES string of the molecule is CCCCC(CC)(NC(=O)c1ccc2ccccc2c1OCc1ccc(C(C)C)cc1)C(=O)O. The van der Waals surface area contributed by atoms with Crippen LogP contribution in [0.3, 0.4) is 0 Å². The number of ether oxygens (including phenoxy) is 1. The summed E-state index contributed by atoms with van der Waals surface area (Å²) >= 11 is 0. The maximum atomic E-state index is 13.4. The molecular weight excluding hydrogens is 426 g/mol. The number of carboxylic acid groups (broad SMARTS) is 1. The lowest BCUT2D eigenvalue weighted by molar-refractivity contribution is -0.145. The molecule has 1 amide bonds. The molecule has 5 nitrogen and oxygen atoms in total. The van der Waals surface area contributed by atoms with Crippen LogP contribution in [0, 0.1) is 0 Å². The van der Waals surface area contributed by atoms with E-state index in [-0.39, 0.29) is 0 Å². The Labute approximate surface area is 202 Å². The van der Waals surface area contributed by atoms with Crippen molar-refractivity contribution < 1.29 is 19.4 Å². The summed E-state index contributed by atoms with van der Waals surface area (Å²) in [6.45, 7) is 8.41. The van der Waals surface area contributed by atoms with Gasteiger partial charge in [-0.05, 0) is 41.3 Å². The predicted octanol–water partition coefficient (Wildman–Crippen LogP) is 6.70. The zero-order valence-electron chi connectivity index (χ0n) is 20.6. The highest BCUT2D eigenvalue weighted by Gasteiger charge is 2.38. The summed E-state index contributed by atoms with van der Waals surface area (Å²) in [6.07, 6.45) is 2.26. The van der Waals surface area contributed by atoms with Gasteiger partial charge in [0.1, 0.15) is 17.9 Å². The molecule has 0 heterocycles. The topological polar surface area (TPSA) is 75.6 Å². The normalized spacial score (nSPS) is 13.0. The van der Waals surface area contributed by atoms with E-state index in [0.29, 0.717) is 43.1 Å². The third-order valence-corrected chi connectivity index (χ3v) is 6.48. The first-order valence-electron chi connectivity index (χ1n) is 12.1. The molecule has 3 rings (SSSR count). The van der Waals surface area contributed by atoms with Crippen LogP contribution in [-0.4, -0.2) is 22.5 Å².